The number of halogens is 1. The minimum Gasteiger partial charge on any atom is -0.460 e. The summed E-state index contributed by atoms with van der Waals surface area (Å²) in [6.45, 7) is 8.88. The molecule has 0 saturated carbocycles. The molecule has 11 heteroatoms. The molecule has 0 bridgehead atoms. The van der Waals surface area contributed by atoms with E-state index in [1.54, 1.807) is 26.8 Å². The number of ether oxygens (including phenoxy) is 1. The molecule has 2 rings (SSSR count). The van der Waals surface area contributed by atoms with Gasteiger partial charge < -0.3 is 14.9 Å². The summed E-state index contributed by atoms with van der Waals surface area (Å²) in [4.78, 5) is 20.6. The van der Waals surface area contributed by atoms with Gasteiger partial charge in [-0.05, 0) is 51.0 Å². The van der Waals surface area contributed by atoms with Crippen molar-refractivity contribution >= 4 is 28.0 Å². The molecule has 0 aliphatic carbocycles. The molecule has 0 unspecified atom stereocenters. The van der Waals surface area contributed by atoms with Crippen LogP contribution in [0.5, 0.6) is 0 Å². The van der Waals surface area contributed by atoms with Crippen molar-refractivity contribution in [1.29, 1.82) is 0 Å². The third kappa shape index (κ3) is 9.63. The highest BCUT2D eigenvalue weighted by Crippen LogP contribution is 2.31. The Kier molecular flexibility index (Phi) is 9.70. The van der Waals surface area contributed by atoms with E-state index < -0.39 is 39.6 Å². The summed E-state index contributed by atoms with van der Waals surface area (Å²) in [5, 5.41) is 20.7. The zero-order chi connectivity index (χ0) is 27.3. The van der Waals surface area contributed by atoms with E-state index in [9.17, 15) is 27.8 Å². The summed E-state index contributed by atoms with van der Waals surface area (Å²) in [5.41, 5.74) is 1.15. The summed E-state index contributed by atoms with van der Waals surface area (Å²) >= 11 is 0. The first-order valence-electron chi connectivity index (χ1n) is 11.5. The van der Waals surface area contributed by atoms with Crippen LogP contribution in [0.15, 0.2) is 30.3 Å². The molecular formula is C25H34FN3O6S. The number of aromatic nitrogens is 2. The smallest absolute Gasteiger partial charge is 0.308 e. The van der Waals surface area contributed by atoms with Crippen molar-refractivity contribution < 1.29 is 32.6 Å². The molecule has 1 aromatic carbocycles. The third-order valence-corrected chi connectivity index (χ3v) is 5.29. The number of nitrogens with one attached hydrogen (secondary N) is 1. The highest BCUT2D eigenvalue weighted by molar-refractivity contribution is 7.91. The normalized spacial score (nSPS) is 14.2. The van der Waals surface area contributed by atoms with Gasteiger partial charge in [0.15, 0.2) is 0 Å². The van der Waals surface area contributed by atoms with Crippen molar-refractivity contribution in [2.75, 3.05) is 11.0 Å². The molecule has 198 valence electrons. The molecule has 0 aliphatic rings. The van der Waals surface area contributed by atoms with Crippen LogP contribution in [0.25, 0.3) is 17.3 Å². The zero-order valence-electron chi connectivity index (χ0n) is 21.3. The largest absolute Gasteiger partial charge is 0.460 e. The van der Waals surface area contributed by atoms with E-state index in [4.69, 9.17) is 4.74 Å². The van der Waals surface area contributed by atoms with Gasteiger partial charge in [-0.25, -0.2) is 22.8 Å². The van der Waals surface area contributed by atoms with Crippen LogP contribution in [0.4, 0.5) is 10.3 Å². The molecule has 0 amide bonds. The lowest BCUT2D eigenvalue weighted by atomic mass is 9.97. The van der Waals surface area contributed by atoms with Gasteiger partial charge in [0.05, 0.1) is 36.3 Å². The maximum atomic E-state index is 13.5. The first kappa shape index (κ1) is 29.3. The quantitative estimate of drug-likeness (QED) is 0.401. The van der Waals surface area contributed by atoms with E-state index in [1.165, 1.54) is 30.3 Å². The van der Waals surface area contributed by atoms with Gasteiger partial charge in [-0.1, -0.05) is 26.0 Å². The number of aliphatic hydroxyl groups is 2. The molecule has 1 heterocycles. The van der Waals surface area contributed by atoms with E-state index in [2.05, 4.69) is 14.7 Å². The molecule has 9 nitrogen and oxygen atoms in total. The van der Waals surface area contributed by atoms with Crippen LogP contribution in [0, 0.1) is 5.82 Å². The van der Waals surface area contributed by atoms with E-state index in [0.717, 1.165) is 6.26 Å². The Bertz CT molecular complexity index is 1190. The van der Waals surface area contributed by atoms with Gasteiger partial charge in [0, 0.05) is 17.5 Å². The van der Waals surface area contributed by atoms with Gasteiger partial charge in [-0.15, -0.1) is 0 Å². The first-order chi connectivity index (χ1) is 16.5. The molecule has 36 heavy (non-hydrogen) atoms. The summed E-state index contributed by atoms with van der Waals surface area (Å²) in [5.74, 6) is -1.32. The summed E-state index contributed by atoms with van der Waals surface area (Å²) in [6, 6.07) is 5.52. The fourth-order valence-electron chi connectivity index (χ4n) is 3.35. The molecule has 2 atom stereocenters. The molecule has 0 spiro atoms. The molecule has 1 aromatic heterocycles. The van der Waals surface area contributed by atoms with Gasteiger partial charge in [-0.3, -0.25) is 9.52 Å². The van der Waals surface area contributed by atoms with Crippen LogP contribution < -0.4 is 4.72 Å². The Morgan fingerprint density at radius 1 is 1.17 bits per heavy atom. The topological polar surface area (TPSA) is 139 Å². The number of rotatable bonds is 10. The molecule has 0 saturated heterocycles. The number of nitrogens with zero attached hydrogens (tertiary/aromatic N) is 2. The van der Waals surface area contributed by atoms with Crippen LogP contribution in [-0.4, -0.2) is 58.6 Å². The van der Waals surface area contributed by atoms with Crippen LogP contribution in [-0.2, 0) is 19.6 Å². The second-order valence-electron chi connectivity index (χ2n) is 9.84. The Hall–Kier alpha value is -2.89. The lowest BCUT2D eigenvalue weighted by Crippen LogP contribution is -2.27. The molecule has 3 N–H and O–H groups in total. The van der Waals surface area contributed by atoms with Crippen molar-refractivity contribution in [3.8, 4) is 11.3 Å². The second-order valence-corrected chi connectivity index (χ2v) is 11.6. The van der Waals surface area contributed by atoms with Crippen molar-refractivity contribution in [3.05, 3.63) is 47.4 Å². The van der Waals surface area contributed by atoms with Crippen molar-refractivity contribution in [3.63, 3.8) is 0 Å². The minimum absolute atomic E-state index is 0.118. The Balaban J connectivity index is 2.40. The predicted molar refractivity (Wildman–Crippen MR) is 136 cm³/mol. The lowest BCUT2D eigenvalue weighted by molar-refractivity contribution is -0.157. The van der Waals surface area contributed by atoms with Crippen LogP contribution >= 0.6 is 0 Å². The van der Waals surface area contributed by atoms with Gasteiger partial charge >= 0.3 is 5.97 Å². The SMILES string of the molecule is CC(C)c1nc(NS(C)(=O)=O)nc(-c2ccc(F)cc2)c1/C=C/[C@@H](O)C[C@@H](O)CC(=O)OC(C)(C)C. The fraction of sp³-hybridized carbons (Fsp3) is 0.480. The number of anilines is 1. The molecule has 0 radical (unpaired) electrons. The fourth-order valence-corrected chi connectivity index (χ4v) is 3.78. The molecule has 0 fully saturated rings. The lowest BCUT2D eigenvalue weighted by Gasteiger charge is -2.21. The predicted octanol–water partition coefficient (Wildman–Crippen LogP) is 3.63. The number of hydrogen-bond donors (Lipinski definition) is 3. The second kappa shape index (κ2) is 11.9. The monoisotopic (exact) mass is 523 g/mol. The Morgan fingerprint density at radius 2 is 1.78 bits per heavy atom. The number of carbonyl (C=O) groups excluding carboxylic acids is 1. The average Bonchev–Trinajstić information content (AvgIpc) is 2.69. The van der Waals surface area contributed by atoms with Gasteiger partial charge in [0.2, 0.25) is 16.0 Å². The Labute approximate surface area is 211 Å². The molecular weight excluding hydrogens is 489 g/mol. The van der Waals surface area contributed by atoms with Gasteiger partial charge in [0.25, 0.3) is 0 Å². The third-order valence-electron chi connectivity index (χ3n) is 4.74. The zero-order valence-corrected chi connectivity index (χ0v) is 22.1. The number of esters is 1. The Morgan fingerprint density at radius 3 is 2.31 bits per heavy atom. The molecule has 2 aromatic rings. The van der Waals surface area contributed by atoms with E-state index in [0.29, 0.717) is 22.5 Å². The number of carbonyl (C=O) groups is 1. The maximum Gasteiger partial charge on any atom is 0.308 e. The number of hydrogen-bond acceptors (Lipinski definition) is 8. The number of aliphatic hydroxyl groups excluding tert-OH is 2. The van der Waals surface area contributed by atoms with Crippen LogP contribution in [0.3, 0.4) is 0 Å². The standard InChI is InChI=1S/C25H34FN3O6S/c1-15(2)22-20(12-11-18(30)13-19(31)14-21(32)35-25(3,4)5)23(16-7-9-17(26)10-8-16)28-24(27-22)29-36(6,33)34/h7-12,15,18-19,30-31H,13-14H2,1-6H3,(H,27,28,29)/b12-11+/t18-,19-/m1/s1. The van der Waals surface area contributed by atoms with E-state index >= 15 is 0 Å². The number of benzene rings is 1. The van der Waals surface area contributed by atoms with Crippen LogP contribution in [0.1, 0.15) is 64.6 Å². The van der Waals surface area contributed by atoms with Gasteiger partial charge in [-0.2, -0.15) is 0 Å². The minimum atomic E-state index is -3.66. The maximum absolute atomic E-state index is 13.5. The highest BCUT2D eigenvalue weighted by Gasteiger charge is 2.22. The summed E-state index contributed by atoms with van der Waals surface area (Å²) in [6.07, 6.45) is 1.36. The average molecular weight is 524 g/mol. The summed E-state index contributed by atoms with van der Waals surface area (Å²) < 4.78 is 44.6. The van der Waals surface area contributed by atoms with Crippen LogP contribution in [0.2, 0.25) is 0 Å². The number of sulfonamides is 1. The first-order valence-corrected chi connectivity index (χ1v) is 13.3. The highest BCUT2D eigenvalue weighted by atomic mass is 32.2. The molecule has 0 aliphatic heterocycles. The summed E-state index contributed by atoms with van der Waals surface area (Å²) in [7, 11) is -3.66. The van der Waals surface area contributed by atoms with Crippen molar-refractivity contribution in [2.24, 2.45) is 0 Å². The van der Waals surface area contributed by atoms with Gasteiger partial charge in [0.1, 0.15) is 11.4 Å². The van der Waals surface area contributed by atoms with Crippen molar-refractivity contribution in [1.82, 2.24) is 9.97 Å². The van der Waals surface area contributed by atoms with E-state index in [1.807, 2.05) is 13.8 Å². The van der Waals surface area contributed by atoms with E-state index in [-0.39, 0.29) is 24.7 Å². The van der Waals surface area contributed by atoms with Crippen molar-refractivity contribution in [2.45, 2.75) is 71.2 Å².